The van der Waals surface area contributed by atoms with Gasteiger partial charge in [0.05, 0.1) is 6.54 Å². The smallest absolute Gasteiger partial charge is 0.274 e. The molecule has 1 aromatic rings. The van der Waals surface area contributed by atoms with E-state index < -0.39 is 10.0 Å². The minimum absolute atomic E-state index is 0.0137. The van der Waals surface area contributed by atoms with Crippen LogP contribution in [0.5, 0.6) is 0 Å². The molecule has 1 saturated carbocycles. The molecule has 0 radical (unpaired) electrons. The van der Waals surface area contributed by atoms with Crippen LogP contribution < -0.4 is 10.5 Å². The van der Waals surface area contributed by atoms with Crippen molar-refractivity contribution >= 4 is 10.0 Å². The zero-order valence-electron chi connectivity index (χ0n) is 11.5. The van der Waals surface area contributed by atoms with Crippen molar-refractivity contribution < 1.29 is 12.8 Å². The Balaban J connectivity index is 2.09. The van der Waals surface area contributed by atoms with Crippen LogP contribution in [0.3, 0.4) is 0 Å². The maximum atomic E-state index is 12.2. The molecule has 0 aromatic carbocycles. The van der Waals surface area contributed by atoms with Crippen molar-refractivity contribution in [1.82, 2.24) is 4.72 Å². The van der Waals surface area contributed by atoms with Gasteiger partial charge in [-0.25, -0.2) is 13.1 Å². The summed E-state index contributed by atoms with van der Waals surface area (Å²) in [6, 6.07) is 3.04. The Morgan fingerprint density at radius 2 is 2.21 bits per heavy atom. The van der Waals surface area contributed by atoms with Gasteiger partial charge in [0.1, 0.15) is 5.76 Å². The second-order valence-electron chi connectivity index (χ2n) is 6.00. The molecule has 108 valence electrons. The van der Waals surface area contributed by atoms with Crippen molar-refractivity contribution in [2.24, 2.45) is 11.1 Å². The summed E-state index contributed by atoms with van der Waals surface area (Å²) in [6.07, 6.45) is 3.93. The Labute approximate surface area is 114 Å². The SMILES string of the molecule is CC1(C)CCCC(NS(=O)(=O)c2ccc(CN)o2)C1. The van der Waals surface area contributed by atoms with Crippen LogP contribution in [0.25, 0.3) is 0 Å². The van der Waals surface area contributed by atoms with Crippen molar-refractivity contribution in [1.29, 1.82) is 0 Å². The Kier molecular flexibility index (Phi) is 4.03. The van der Waals surface area contributed by atoms with Gasteiger partial charge in [0, 0.05) is 6.04 Å². The molecule has 1 atom stereocenters. The molecule has 5 nitrogen and oxygen atoms in total. The standard InChI is InChI=1S/C13H22N2O3S/c1-13(2)7-3-4-10(8-13)15-19(16,17)12-6-5-11(9-14)18-12/h5-6,10,15H,3-4,7-9,14H2,1-2H3. The van der Waals surface area contributed by atoms with Gasteiger partial charge in [-0.3, -0.25) is 0 Å². The predicted octanol–water partition coefficient (Wildman–Crippen LogP) is 1.99. The minimum atomic E-state index is -3.57. The normalized spacial score (nSPS) is 23.4. The van der Waals surface area contributed by atoms with Crippen molar-refractivity contribution in [3.63, 3.8) is 0 Å². The summed E-state index contributed by atoms with van der Waals surface area (Å²) in [4.78, 5) is 0. The molecule has 0 aliphatic heterocycles. The van der Waals surface area contributed by atoms with Crippen LogP contribution in [0.2, 0.25) is 0 Å². The van der Waals surface area contributed by atoms with Crippen molar-refractivity contribution in [3.8, 4) is 0 Å². The summed E-state index contributed by atoms with van der Waals surface area (Å²) in [5.74, 6) is 0.476. The van der Waals surface area contributed by atoms with Crippen LogP contribution in [0.15, 0.2) is 21.6 Å². The van der Waals surface area contributed by atoms with Crippen LogP contribution in [0.1, 0.15) is 45.3 Å². The highest BCUT2D eigenvalue weighted by molar-refractivity contribution is 7.89. The lowest BCUT2D eigenvalue weighted by Gasteiger charge is -2.35. The number of rotatable bonds is 4. The molecule has 0 amide bonds. The van der Waals surface area contributed by atoms with Crippen LogP contribution >= 0.6 is 0 Å². The Morgan fingerprint density at radius 1 is 1.47 bits per heavy atom. The number of nitrogens with one attached hydrogen (secondary N) is 1. The van der Waals surface area contributed by atoms with E-state index >= 15 is 0 Å². The van der Waals surface area contributed by atoms with Crippen LogP contribution in [-0.4, -0.2) is 14.5 Å². The Bertz CT molecular complexity index is 534. The third kappa shape index (κ3) is 3.58. The first-order valence-electron chi connectivity index (χ1n) is 6.63. The molecule has 1 aliphatic rings. The fourth-order valence-electron chi connectivity index (χ4n) is 2.69. The Hall–Kier alpha value is -0.850. The van der Waals surface area contributed by atoms with Gasteiger partial charge in [0.15, 0.2) is 0 Å². The molecule has 0 saturated heterocycles. The zero-order chi connectivity index (χ0) is 14.1. The van der Waals surface area contributed by atoms with E-state index in [0.29, 0.717) is 5.76 Å². The molecule has 1 aromatic heterocycles. The van der Waals surface area contributed by atoms with Crippen molar-refractivity contribution in [3.05, 3.63) is 17.9 Å². The highest BCUT2D eigenvalue weighted by Gasteiger charge is 2.31. The minimum Gasteiger partial charge on any atom is -0.447 e. The third-order valence-electron chi connectivity index (χ3n) is 3.63. The molecule has 1 aliphatic carbocycles. The van der Waals surface area contributed by atoms with Gasteiger partial charge >= 0.3 is 0 Å². The highest BCUT2D eigenvalue weighted by Crippen LogP contribution is 2.35. The van der Waals surface area contributed by atoms with E-state index in [1.807, 2.05) is 0 Å². The second kappa shape index (κ2) is 5.26. The van der Waals surface area contributed by atoms with Crippen molar-refractivity contribution in [2.75, 3.05) is 0 Å². The van der Waals surface area contributed by atoms with Gasteiger partial charge < -0.3 is 10.2 Å². The monoisotopic (exact) mass is 286 g/mol. The van der Waals surface area contributed by atoms with Gasteiger partial charge in [-0.15, -0.1) is 0 Å². The molecular weight excluding hydrogens is 264 g/mol. The fourth-order valence-corrected chi connectivity index (χ4v) is 3.91. The number of hydrogen-bond donors (Lipinski definition) is 2. The quantitative estimate of drug-likeness (QED) is 0.886. The second-order valence-corrected chi connectivity index (χ2v) is 7.65. The first kappa shape index (κ1) is 14.6. The van der Waals surface area contributed by atoms with Crippen LogP contribution in [-0.2, 0) is 16.6 Å². The number of hydrogen-bond acceptors (Lipinski definition) is 4. The summed E-state index contributed by atoms with van der Waals surface area (Å²) < 4.78 is 32.3. The van der Waals surface area contributed by atoms with E-state index in [1.54, 1.807) is 6.07 Å². The zero-order valence-corrected chi connectivity index (χ0v) is 12.3. The van der Waals surface area contributed by atoms with Gasteiger partial charge in [-0.05, 0) is 36.8 Å². The van der Waals surface area contributed by atoms with E-state index in [1.165, 1.54) is 6.07 Å². The first-order valence-corrected chi connectivity index (χ1v) is 8.12. The summed E-state index contributed by atoms with van der Waals surface area (Å²) >= 11 is 0. The van der Waals surface area contributed by atoms with Crippen LogP contribution in [0.4, 0.5) is 0 Å². The van der Waals surface area contributed by atoms with Crippen molar-refractivity contribution in [2.45, 2.75) is 57.2 Å². The van der Waals surface area contributed by atoms with Gasteiger partial charge in [0.25, 0.3) is 10.0 Å². The number of nitrogens with two attached hydrogens (primary N) is 1. The van der Waals surface area contributed by atoms with E-state index in [9.17, 15) is 8.42 Å². The lowest BCUT2D eigenvalue weighted by atomic mass is 9.75. The molecule has 6 heteroatoms. The molecule has 1 heterocycles. The lowest BCUT2D eigenvalue weighted by molar-refractivity contribution is 0.211. The molecule has 0 spiro atoms. The van der Waals surface area contributed by atoms with Gasteiger partial charge in [-0.2, -0.15) is 0 Å². The number of furan rings is 1. The highest BCUT2D eigenvalue weighted by atomic mass is 32.2. The average molecular weight is 286 g/mol. The lowest BCUT2D eigenvalue weighted by Crippen LogP contribution is -2.40. The van der Waals surface area contributed by atoms with E-state index in [2.05, 4.69) is 18.6 Å². The fraction of sp³-hybridized carbons (Fsp3) is 0.692. The summed E-state index contributed by atoms with van der Waals surface area (Å²) in [5, 5.41) is -0.0451. The largest absolute Gasteiger partial charge is 0.447 e. The Morgan fingerprint density at radius 3 is 2.79 bits per heavy atom. The van der Waals surface area contributed by atoms with Gasteiger partial charge in [0.2, 0.25) is 5.09 Å². The molecule has 19 heavy (non-hydrogen) atoms. The molecular formula is C13H22N2O3S. The maximum absolute atomic E-state index is 12.2. The number of sulfonamides is 1. The predicted molar refractivity (Wildman–Crippen MR) is 73.0 cm³/mol. The van der Waals surface area contributed by atoms with E-state index in [4.69, 9.17) is 10.2 Å². The van der Waals surface area contributed by atoms with Crippen LogP contribution in [0, 0.1) is 5.41 Å². The first-order chi connectivity index (χ1) is 8.82. The summed E-state index contributed by atoms with van der Waals surface area (Å²) in [7, 11) is -3.57. The molecule has 0 bridgehead atoms. The topological polar surface area (TPSA) is 85.3 Å². The average Bonchev–Trinajstić information content (AvgIpc) is 2.76. The molecule has 2 rings (SSSR count). The maximum Gasteiger partial charge on any atom is 0.274 e. The molecule has 1 unspecified atom stereocenters. The summed E-state index contributed by atoms with van der Waals surface area (Å²) in [5.41, 5.74) is 5.61. The summed E-state index contributed by atoms with van der Waals surface area (Å²) in [6.45, 7) is 4.55. The van der Waals surface area contributed by atoms with E-state index in [-0.39, 0.29) is 23.1 Å². The van der Waals surface area contributed by atoms with Gasteiger partial charge in [-0.1, -0.05) is 20.3 Å². The molecule has 3 N–H and O–H groups in total. The van der Waals surface area contributed by atoms with E-state index in [0.717, 1.165) is 25.7 Å². The third-order valence-corrected chi connectivity index (χ3v) is 5.02. The molecule has 1 fully saturated rings.